The monoisotopic (exact) mass is 340 g/mol. The van der Waals surface area contributed by atoms with Gasteiger partial charge in [0.1, 0.15) is 10.8 Å². The van der Waals surface area contributed by atoms with Crippen molar-refractivity contribution in [3.8, 4) is 5.75 Å². The number of benzene rings is 1. The molecule has 0 radical (unpaired) electrons. The molecule has 0 fully saturated rings. The molecule has 6 bridgehead atoms. The van der Waals surface area contributed by atoms with Crippen LogP contribution < -0.4 is 10.6 Å². The highest BCUT2D eigenvalue weighted by Crippen LogP contribution is 2.30. The fourth-order valence-electron chi connectivity index (χ4n) is 3.08. The van der Waals surface area contributed by atoms with Crippen LogP contribution in [0.1, 0.15) is 18.4 Å². The van der Waals surface area contributed by atoms with Crippen LogP contribution in [-0.2, 0) is 6.42 Å². The lowest BCUT2D eigenvalue weighted by Crippen LogP contribution is -2.11. The van der Waals surface area contributed by atoms with Crippen LogP contribution in [0.3, 0.4) is 0 Å². The molecule has 2 heterocycles. The zero-order valence-corrected chi connectivity index (χ0v) is 13.7. The number of fused-ring (bicyclic) bond motifs is 6. The molecule has 0 saturated heterocycles. The molecule has 24 heavy (non-hydrogen) atoms. The Morgan fingerprint density at radius 3 is 3.04 bits per heavy atom. The molecule has 2 aromatic rings. The SMILES string of the molecule is Oc1cc2cc(c1)Nc1nc(ncc1Cl)NC1=CC=CC(CC2)C1. The van der Waals surface area contributed by atoms with E-state index in [9.17, 15) is 5.11 Å². The Hall–Kier alpha value is -2.53. The third-order valence-electron chi connectivity index (χ3n) is 4.22. The molecule has 1 aliphatic heterocycles. The molecule has 122 valence electrons. The molecule has 1 unspecified atom stereocenters. The second-order valence-corrected chi connectivity index (χ2v) is 6.52. The summed E-state index contributed by atoms with van der Waals surface area (Å²) in [7, 11) is 0. The van der Waals surface area contributed by atoms with Crippen molar-refractivity contribution in [2.75, 3.05) is 10.6 Å². The van der Waals surface area contributed by atoms with Gasteiger partial charge in [0.25, 0.3) is 0 Å². The van der Waals surface area contributed by atoms with E-state index in [1.54, 1.807) is 18.3 Å². The zero-order chi connectivity index (χ0) is 16.5. The molecule has 4 rings (SSSR count). The Bertz CT molecular complexity index is 847. The molecule has 1 atom stereocenters. The van der Waals surface area contributed by atoms with Crippen LogP contribution in [0.15, 0.2) is 48.3 Å². The van der Waals surface area contributed by atoms with E-state index >= 15 is 0 Å². The highest BCUT2D eigenvalue weighted by molar-refractivity contribution is 6.32. The Morgan fingerprint density at radius 1 is 1.21 bits per heavy atom. The van der Waals surface area contributed by atoms with E-state index < -0.39 is 0 Å². The Morgan fingerprint density at radius 2 is 2.12 bits per heavy atom. The Balaban J connectivity index is 1.78. The largest absolute Gasteiger partial charge is 0.508 e. The number of hydrogen-bond acceptors (Lipinski definition) is 5. The molecule has 1 aliphatic carbocycles. The van der Waals surface area contributed by atoms with Crippen molar-refractivity contribution in [1.29, 1.82) is 0 Å². The molecular formula is C18H17ClN4O. The first-order valence-electron chi connectivity index (χ1n) is 7.92. The first-order chi connectivity index (χ1) is 11.7. The number of allylic oxidation sites excluding steroid dienone is 4. The summed E-state index contributed by atoms with van der Waals surface area (Å²) in [5.74, 6) is 1.69. The first kappa shape index (κ1) is 15.0. The van der Waals surface area contributed by atoms with Crippen molar-refractivity contribution in [3.05, 3.63) is 58.9 Å². The maximum Gasteiger partial charge on any atom is 0.228 e. The Labute approximate surface area is 145 Å². The van der Waals surface area contributed by atoms with Crippen LogP contribution in [0, 0.1) is 5.92 Å². The minimum Gasteiger partial charge on any atom is -0.508 e. The number of halogens is 1. The van der Waals surface area contributed by atoms with Gasteiger partial charge < -0.3 is 15.7 Å². The van der Waals surface area contributed by atoms with E-state index in [-0.39, 0.29) is 5.75 Å². The first-order valence-corrected chi connectivity index (χ1v) is 8.30. The van der Waals surface area contributed by atoms with Crippen molar-refractivity contribution in [3.63, 3.8) is 0 Å². The van der Waals surface area contributed by atoms with Gasteiger partial charge >= 0.3 is 0 Å². The van der Waals surface area contributed by atoms with E-state index in [2.05, 4.69) is 32.8 Å². The second-order valence-electron chi connectivity index (χ2n) is 6.11. The van der Waals surface area contributed by atoms with Crippen LogP contribution in [-0.4, -0.2) is 15.1 Å². The Kier molecular flexibility index (Phi) is 3.86. The maximum absolute atomic E-state index is 10.00. The summed E-state index contributed by atoms with van der Waals surface area (Å²) < 4.78 is 0. The minimum absolute atomic E-state index is 0.230. The number of phenols is 1. The zero-order valence-electron chi connectivity index (χ0n) is 13.0. The lowest BCUT2D eigenvalue weighted by Gasteiger charge is -2.19. The molecule has 5 nitrogen and oxygen atoms in total. The number of anilines is 3. The van der Waals surface area contributed by atoms with Crippen molar-refractivity contribution in [2.24, 2.45) is 5.92 Å². The summed E-state index contributed by atoms with van der Waals surface area (Å²) in [6, 6.07) is 5.49. The van der Waals surface area contributed by atoms with Crippen molar-refractivity contribution < 1.29 is 5.11 Å². The summed E-state index contributed by atoms with van der Waals surface area (Å²) in [4.78, 5) is 8.70. The average molecular weight is 341 g/mol. The lowest BCUT2D eigenvalue weighted by molar-refractivity contribution is 0.474. The number of phenolic OH excluding ortho intramolecular Hbond substituents is 1. The van der Waals surface area contributed by atoms with Crippen LogP contribution >= 0.6 is 11.6 Å². The van der Waals surface area contributed by atoms with E-state index in [0.717, 1.165) is 36.2 Å². The van der Waals surface area contributed by atoms with Gasteiger partial charge in [-0.2, -0.15) is 4.98 Å². The van der Waals surface area contributed by atoms with Crippen LogP contribution in [0.25, 0.3) is 0 Å². The molecule has 1 aromatic heterocycles. The van der Waals surface area contributed by atoms with Gasteiger partial charge in [-0.3, -0.25) is 0 Å². The fraction of sp³-hybridized carbons (Fsp3) is 0.222. The topological polar surface area (TPSA) is 70.1 Å². The number of nitrogens with one attached hydrogen (secondary N) is 2. The van der Waals surface area contributed by atoms with Gasteiger partial charge in [0.05, 0.1) is 6.20 Å². The number of nitrogens with zero attached hydrogens (tertiary/aromatic N) is 2. The number of aryl methyl sites for hydroxylation is 1. The molecular weight excluding hydrogens is 324 g/mol. The van der Waals surface area contributed by atoms with Gasteiger partial charge in [-0.1, -0.05) is 23.8 Å². The normalized spacial score (nSPS) is 19.0. The van der Waals surface area contributed by atoms with Crippen LogP contribution in [0.4, 0.5) is 17.5 Å². The van der Waals surface area contributed by atoms with Gasteiger partial charge in [-0.25, -0.2) is 4.98 Å². The highest BCUT2D eigenvalue weighted by atomic mass is 35.5. The summed E-state index contributed by atoms with van der Waals surface area (Å²) in [5, 5.41) is 16.9. The van der Waals surface area contributed by atoms with Crippen LogP contribution in [0.5, 0.6) is 5.75 Å². The summed E-state index contributed by atoms with van der Waals surface area (Å²) in [6.07, 6.45) is 10.7. The molecule has 0 spiro atoms. The molecule has 0 amide bonds. The van der Waals surface area contributed by atoms with Gasteiger partial charge in [-0.05, 0) is 49.0 Å². The smallest absolute Gasteiger partial charge is 0.228 e. The second kappa shape index (κ2) is 6.17. The predicted octanol–water partition coefficient (Wildman–Crippen LogP) is 4.40. The maximum atomic E-state index is 10.00. The molecule has 1 aromatic carbocycles. The third-order valence-corrected chi connectivity index (χ3v) is 4.50. The van der Waals surface area contributed by atoms with Gasteiger partial charge in [-0.15, -0.1) is 0 Å². The fourth-order valence-corrected chi connectivity index (χ4v) is 3.21. The van der Waals surface area contributed by atoms with E-state index in [0.29, 0.717) is 22.7 Å². The van der Waals surface area contributed by atoms with Crippen molar-refractivity contribution >= 4 is 29.1 Å². The minimum atomic E-state index is 0.230. The summed E-state index contributed by atoms with van der Waals surface area (Å²) >= 11 is 6.21. The third kappa shape index (κ3) is 3.21. The summed E-state index contributed by atoms with van der Waals surface area (Å²) in [5.41, 5.74) is 2.93. The van der Waals surface area contributed by atoms with Gasteiger partial charge in [0.2, 0.25) is 5.95 Å². The number of rotatable bonds is 0. The van der Waals surface area contributed by atoms with Crippen molar-refractivity contribution in [1.82, 2.24) is 9.97 Å². The standard InChI is InChI=1S/C18H17ClN4O/c19-16-10-20-18-22-13-3-1-2-11(6-13)4-5-12-7-14(9-15(24)8-12)21-17(16)23-18/h1-3,7-11,24H,4-6H2,(H2,20,21,22,23). The quantitative estimate of drug-likeness (QED) is 0.663. The van der Waals surface area contributed by atoms with E-state index in [4.69, 9.17) is 11.6 Å². The van der Waals surface area contributed by atoms with E-state index in [1.165, 1.54) is 0 Å². The van der Waals surface area contributed by atoms with E-state index in [1.807, 2.05) is 12.1 Å². The lowest BCUT2D eigenvalue weighted by atomic mass is 9.91. The average Bonchev–Trinajstić information content (AvgIpc) is 2.56. The molecule has 6 heteroatoms. The summed E-state index contributed by atoms with van der Waals surface area (Å²) in [6.45, 7) is 0. The predicted molar refractivity (Wildman–Crippen MR) is 95.7 cm³/mol. The highest BCUT2D eigenvalue weighted by Gasteiger charge is 2.15. The van der Waals surface area contributed by atoms with Crippen molar-refractivity contribution in [2.45, 2.75) is 19.3 Å². The number of hydrogen-bond donors (Lipinski definition) is 3. The number of aromatic nitrogens is 2. The molecule has 2 aliphatic rings. The molecule has 0 saturated carbocycles. The van der Waals surface area contributed by atoms with Gasteiger partial charge in [0.15, 0.2) is 5.82 Å². The van der Waals surface area contributed by atoms with Gasteiger partial charge in [0, 0.05) is 17.5 Å². The number of aromatic hydroxyl groups is 1. The van der Waals surface area contributed by atoms with Crippen LogP contribution in [0.2, 0.25) is 5.02 Å². The molecule has 3 N–H and O–H groups in total.